The summed E-state index contributed by atoms with van der Waals surface area (Å²) in [5.41, 5.74) is -0.0444. The van der Waals surface area contributed by atoms with Gasteiger partial charge in [-0.3, -0.25) is 10.1 Å². The van der Waals surface area contributed by atoms with Crippen LogP contribution in [0.2, 0.25) is 0 Å². The zero-order valence-corrected chi connectivity index (χ0v) is 19.1. The fraction of sp³-hybridized carbons (Fsp3) is 0.391. The molecule has 0 aromatic heterocycles. The number of carbonyl (C=O) groups is 2. The molecule has 0 aliphatic rings. The van der Waals surface area contributed by atoms with Gasteiger partial charge in [0.1, 0.15) is 11.3 Å². The number of esters is 1. The molecular formula is C23H29N3O7. The van der Waals surface area contributed by atoms with Crippen LogP contribution in [-0.4, -0.2) is 48.9 Å². The molecule has 0 heterocycles. The second kappa shape index (κ2) is 11.8. The second-order valence-electron chi connectivity index (χ2n) is 8.17. The van der Waals surface area contributed by atoms with Gasteiger partial charge in [-0.05, 0) is 32.4 Å². The highest BCUT2D eigenvalue weighted by molar-refractivity contribution is 5.98. The molecule has 0 aliphatic carbocycles. The van der Waals surface area contributed by atoms with Gasteiger partial charge in [0, 0.05) is 12.6 Å². The minimum Gasteiger partial charge on any atom is -0.465 e. The van der Waals surface area contributed by atoms with Gasteiger partial charge in [-0.25, -0.2) is 9.59 Å². The maximum Gasteiger partial charge on any atom is 0.408 e. The summed E-state index contributed by atoms with van der Waals surface area (Å²) >= 11 is 0. The van der Waals surface area contributed by atoms with Crippen LogP contribution in [0.5, 0.6) is 0 Å². The molecule has 0 radical (unpaired) electrons. The molecule has 1 atom stereocenters. The van der Waals surface area contributed by atoms with E-state index in [0.29, 0.717) is 6.61 Å². The summed E-state index contributed by atoms with van der Waals surface area (Å²) in [7, 11) is 1.19. The number of rotatable bonds is 10. The van der Waals surface area contributed by atoms with E-state index in [2.05, 4.69) is 10.6 Å². The van der Waals surface area contributed by atoms with Crippen LogP contribution >= 0.6 is 0 Å². The number of nitro groups is 1. The van der Waals surface area contributed by atoms with Gasteiger partial charge < -0.3 is 24.8 Å². The number of methoxy groups -OCH3 is 1. The summed E-state index contributed by atoms with van der Waals surface area (Å²) in [6.45, 7) is 5.65. The van der Waals surface area contributed by atoms with E-state index in [0.717, 1.165) is 5.56 Å². The Kier molecular flexibility index (Phi) is 9.17. The summed E-state index contributed by atoms with van der Waals surface area (Å²) in [5.74, 6) is -0.724. The Labute approximate surface area is 192 Å². The zero-order valence-electron chi connectivity index (χ0n) is 19.1. The molecule has 10 heteroatoms. The van der Waals surface area contributed by atoms with E-state index in [1.807, 2.05) is 30.3 Å². The first kappa shape index (κ1) is 25.6. The fourth-order valence-electron chi connectivity index (χ4n) is 2.90. The van der Waals surface area contributed by atoms with Crippen molar-refractivity contribution in [3.63, 3.8) is 0 Å². The van der Waals surface area contributed by atoms with Gasteiger partial charge in [0.2, 0.25) is 0 Å². The van der Waals surface area contributed by atoms with Gasteiger partial charge in [-0.1, -0.05) is 36.4 Å². The summed E-state index contributed by atoms with van der Waals surface area (Å²) in [4.78, 5) is 35.3. The smallest absolute Gasteiger partial charge is 0.408 e. The number of benzene rings is 2. The summed E-state index contributed by atoms with van der Waals surface area (Å²) in [6, 6.07) is 13.0. The molecule has 2 N–H and O–H groups in total. The first-order valence-corrected chi connectivity index (χ1v) is 10.3. The number of hydrogen-bond donors (Lipinski definition) is 2. The van der Waals surface area contributed by atoms with Crippen LogP contribution in [0, 0.1) is 10.1 Å². The Balaban J connectivity index is 2.17. The molecule has 0 spiro atoms. The average molecular weight is 459 g/mol. The second-order valence-corrected chi connectivity index (χ2v) is 8.17. The number of nitrogens with one attached hydrogen (secondary N) is 2. The molecule has 1 amide bonds. The van der Waals surface area contributed by atoms with Gasteiger partial charge in [-0.2, -0.15) is 0 Å². The van der Waals surface area contributed by atoms with Crippen molar-refractivity contribution in [2.75, 3.05) is 25.6 Å². The third-order valence-electron chi connectivity index (χ3n) is 4.32. The van der Waals surface area contributed by atoms with Crippen molar-refractivity contribution >= 4 is 23.4 Å². The highest BCUT2D eigenvalue weighted by Gasteiger charge is 2.24. The molecule has 33 heavy (non-hydrogen) atoms. The Bertz CT molecular complexity index is 958. The van der Waals surface area contributed by atoms with Crippen molar-refractivity contribution in [3.8, 4) is 0 Å². The lowest BCUT2D eigenvalue weighted by Gasteiger charge is -2.24. The van der Waals surface area contributed by atoms with Crippen LogP contribution < -0.4 is 10.6 Å². The highest BCUT2D eigenvalue weighted by Crippen LogP contribution is 2.28. The van der Waals surface area contributed by atoms with Crippen molar-refractivity contribution in [1.82, 2.24) is 5.32 Å². The standard InChI is InChI=1S/C23H29N3O7/c1-23(2,3)33-22(28)25-17(15-32-14-16-9-6-5-7-10-16)13-24-20-18(21(27)31-4)11-8-12-19(20)26(29)30/h5-12,17,24H,13-15H2,1-4H3,(H,25,28)/t17-/m1/s1. The molecule has 0 bridgehead atoms. The minimum atomic E-state index is -0.724. The van der Waals surface area contributed by atoms with E-state index in [-0.39, 0.29) is 30.1 Å². The SMILES string of the molecule is COC(=O)c1cccc([N+](=O)[O-])c1NC[C@H](COCc1ccccc1)NC(=O)OC(C)(C)C. The van der Waals surface area contributed by atoms with Crippen molar-refractivity contribution in [2.45, 2.75) is 39.0 Å². The van der Waals surface area contributed by atoms with E-state index in [9.17, 15) is 19.7 Å². The molecule has 10 nitrogen and oxygen atoms in total. The predicted molar refractivity (Wildman–Crippen MR) is 122 cm³/mol. The molecule has 0 saturated heterocycles. The van der Waals surface area contributed by atoms with Crippen molar-refractivity contribution in [2.24, 2.45) is 0 Å². The third-order valence-corrected chi connectivity index (χ3v) is 4.32. The van der Waals surface area contributed by atoms with E-state index < -0.39 is 28.6 Å². The quantitative estimate of drug-likeness (QED) is 0.311. The summed E-state index contributed by atoms with van der Waals surface area (Å²) < 4.78 is 15.8. The lowest BCUT2D eigenvalue weighted by atomic mass is 10.1. The Morgan fingerprint density at radius 2 is 1.79 bits per heavy atom. The van der Waals surface area contributed by atoms with Gasteiger partial charge in [0.15, 0.2) is 0 Å². The molecule has 0 unspecified atom stereocenters. The lowest BCUT2D eigenvalue weighted by Crippen LogP contribution is -2.45. The Morgan fingerprint density at radius 1 is 1.09 bits per heavy atom. The minimum absolute atomic E-state index is 0.00611. The maximum absolute atomic E-state index is 12.3. The number of ether oxygens (including phenoxy) is 3. The van der Waals surface area contributed by atoms with Gasteiger partial charge >= 0.3 is 12.1 Å². The topological polar surface area (TPSA) is 129 Å². The van der Waals surface area contributed by atoms with E-state index in [1.165, 1.54) is 25.3 Å². The van der Waals surface area contributed by atoms with Gasteiger partial charge in [0.25, 0.3) is 5.69 Å². The number of carbonyl (C=O) groups excluding carboxylic acids is 2. The largest absolute Gasteiger partial charge is 0.465 e. The monoisotopic (exact) mass is 459 g/mol. The molecule has 178 valence electrons. The highest BCUT2D eigenvalue weighted by atomic mass is 16.6. The molecule has 0 saturated carbocycles. The van der Waals surface area contributed by atoms with Crippen LogP contribution in [0.1, 0.15) is 36.7 Å². The summed E-state index contributed by atoms with van der Waals surface area (Å²) in [6.07, 6.45) is -0.659. The Hall–Kier alpha value is -3.66. The molecular weight excluding hydrogens is 430 g/mol. The zero-order chi connectivity index (χ0) is 24.4. The predicted octanol–water partition coefficient (Wildman–Crippen LogP) is 3.90. The van der Waals surface area contributed by atoms with Gasteiger partial charge in [-0.15, -0.1) is 0 Å². The molecule has 2 aromatic rings. The average Bonchev–Trinajstić information content (AvgIpc) is 2.75. The van der Waals surface area contributed by atoms with Crippen LogP contribution in [0.25, 0.3) is 0 Å². The van der Waals surface area contributed by atoms with Crippen LogP contribution in [-0.2, 0) is 20.8 Å². The van der Waals surface area contributed by atoms with Gasteiger partial charge in [0.05, 0.1) is 36.9 Å². The number of nitro benzene ring substituents is 1. The van der Waals surface area contributed by atoms with Crippen molar-refractivity contribution in [3.05, 3.63) is 69.8 Å². The lowest BCUT2D eigenvalue weighted by molar-refractivity contribution is -0.384. The normalized spacial score (nSPS) is 11.9. The van der Waals surface area contributed by atoms with E-state index in [4.69, 9.17) is 14.2 Å². The van der Waals surface area contributed by atoms with E-state index >= 15 is 0 Å². The van der Waals surface area contributed by atoms with Crippen LogP contribution in [0.4, 0.5) is 16.2 Å². The maximum atomic E-state index is 12.3. The number of anilines is 1. The third kappa shape index (κ3) is 8.41. The molecule has 0 fully saturated rings. The molecule has 0 aliphatic heterocycles. The summed E-state index contributed by atoms with van der Waals surface area (Å²) in [5, 5.41) is 17.1. The van der Waals surface area contributed by atoms with Crippen LogP contribution in [0.15, 0.2) is 48.5 Å². The number of alkyl carbamates (subject to hydrolysis) is 1. The first-order valence-electron chi connectivity index (χ1n) is 10.3. The van der Waals surface area contributed by atoms with E-state index in [1.54, 1.807) is 20.8 Å². The Morgan fingerprint density at radius 3 is 2.39 bits per heavy atom. The van der Waals surface area contributed by atoms with Crippen molar-refractivity contribution in [1.29, 1.82) is 0 Å². The number of hydrogen-bond acceptors (Lipinski definition) is 8. The number of para-hydroxylation sites is 1. The number of amides is 1. The molecule has 2 aromatic carbocycles. The van der Waals surface area contributed by atoms with Crippen molar-refractivity contribution < 1.29 is 28.7 Å². The fourth-order valence-corrected chi connectivity index (χ4v) is 2.90. The first-order chi connectivity index (χ1) is 15.6. The van der Waals surface area contributed by atoms with Crippen LogP contribution in [0.3, 0.4) is 0 Å². The number of nitrogens with zero attached hydrogens (tertiary/aromatic N) is 1. The molecule has 2 rings (SSSR count).